The van der Waals surface area contributed by atoms with Crippen molar-refractivity contribution >= 4 is 11.8 Å². The van der Waals surface area contributed by atoms with Gasteiger partial charge in [-0.15, -0.1) is 11.8 Å². The van der Waals surface area contributed by atoms with Crippen LogP contribution in [-0.2, 0) is 4.74 Å². The Morgan fingerprint density at radius 2 is 2.17 bits per heavy atom. The average molecular weight is 189 g/mol. The minimum atomic E-state index is 0.165. The smallest absolute Gasteiger partial charge is 0.0883 e. The van der Waals surface area contributed by atoms with E-state index in [1.165, 1.54) is 5.75 Å². The molecular formula is C9H19NOS. The molecule has 1 aliphatic heterocycles. The summed E-state index contributed by atoms with van der Waals surface area (Å²) in [5, 5.41) is 3.63. The van der Waals surface area contributed by atoms with Crippen LogP contribution in [0.3, 0.4) is 0 Å². The van der Waals surface area contributed by atoms with Crippen LogP contribution in [-0.4, -0.2) is 29.9 Å². The van der Waals surface area contributed by atoms with Crippen molar-refractivity contribution in [1.29, 1.82) is 0 Å². The van der Waals surface area contributed by atoms with Crippen LogP contribution in [0.4, 0.5) is 0 Å². The van der Waals surface area contributed by atoms with Crippen LogP contribution in [0.2, 0.25) is 0 Å². The van der Waals surface area contributed by atoms with Crippen molar-refractivity contribution in [3.8, 4) is 0 Å². The summed E-state index contributed by atoms with van der Waals surface area (Å²) in [5.74, 6) is 1.17. The Morgan fingerprint density at radius 1 is 1.50 bits per heavy atom. The fourth-order valence-electron chi connectivity index (χ4n) is 1.61. The Bertz CT molecular complexity index is 161. The van der Waals surface area contributed by atoms with Crippen molar-refractivity contribution in [3.05, 3.63) is 0 Å². The zero-order valence-corrected chi connectivity index (χ0v) is 9.25. The summed E-state index contributed by atoms with van der Waals surface area (Å²) in [7, 11) is 1.77. The number of nitrogens with one attached hydrogen (secondary N) is 1. The number of rotatable bonds is 3. The molecule has 12 heavy (non-hydrogen) atoms. The minimum absolute atomic E-state index is 0.165. The van der Waals surface area contributed by atoms with E-state index in [9.17, 15) is 0 Å². The van der Waals surface area contributed by atoms with Crippen molar-refractivity contribution in [2.75, 3.05) is 19.5 Å². The molecule has 0 amide bonds. The molecule has 0 saturated carbocycles. The predicted octanol–water partition coefficient (Wildman–Crippen LogP) is 1.85. The second-order valence-corrected chi connectivity index (χ2v) is 5.44. The number of hydrogen-bond acceptors (Lipinski definition) is 3. The average Bonchev–Trinajstić information content (AvgIpc) is 2.29. The van der Waals surface area contributed by atoms with Gasteiger partial charge in [-0.2, -0.15) is 0 Å². The maximum Gasteiger partial charge on any atom is 0.0883 e. The maximum atomic E-state index is 5.23. The molecule has 2 nitrogen and oxygen atoms in total. The van der Waals surface area contributed by atoms with E-state index < -0.39 is 0 Å². The Morgan fingerprint density at radius 3 is 2.50 bits per heavy atom. The summed E-state index contributed by atoms with van der Waals surface area (Å²) < 4.78 is 5.23. The van der Waals surface area contributed by atoms with Crippen LogP contribution >= 0.6 is 11.8 Å². The molecule has 1 saturated heterocycles. The molecule has 1 atom stereocenters. The minimum Gasteiger partial charge on any atom is -0.382 e. The topological polar surface area (TPSA) is 21.3 Å². The van der Waals surface area contributed by atoms with Gasteiger partial charge < -0.3 is 4.74 Å². The van der Waals surface area contributed by atoms with E-state index in [1.54, 1.807) is 7.11 Å². The number of thioether (sulfide) groups is 1. The molecule has 0 aromatic rings. The molecule has 0 spiro atoms. The van der Waals surface area contributed by atoms with E-state index in [2.05, 4.69) is 26.1 Å². The quantitative estimate of drug-likeness (QED) is 0.732. The van der Waals surface area contributed by atoms with Gasteiger partial charge >= 0.3 is 0 Å². The Kier molecular flexibility index (Phi) is 3.07. The molecular weight excluding hydrogens is 170 g/mol. The highest BCUT2D eigenvalue weighted by Crippen LogP contribution is 2.37. The number of ether oxygens (including phenoxy) is 1. The third-order valence-corrected chi connectivity index (χ3v) is 4.15. The van der Waals surface area contributed by atoms with Gasteiger partial charge in [-0.3, -0.25) is 5.32 Å². The van der Waals surface area contributed by atoms with E-state index in [4.69, 9.17) is 4.74 Å². The summed E-state index contributed by atoms with van der Waals surface area (Å²) >= 11 is 1.99. The summed E-state index contributed by atoms with van der Waals surface area (Å²) in [4.78, 5) is 0.165. The van der Waals surface area contributed by atoms with Crippen LogP contribution in [0.15, 0.2) is 0 Å². The molecule has 0 radical (unpaired) electrons. The summed E-state index contributed by atoms with van der Waals surface area (Å²) in [6.07, 6.45) is 1.12. The van der Waals surface area contributed by atoms with Crippen molar-refractivity contribution in [1.82, 2.24) is 5.32 Å². The molecule has 1 fully saturated rings. The fraction of sp³-hybridized carbons (Fsp3) is 1.00. The fourth-order valence-corrected chi connectivity index (χ4v) is 3.07. The van der Waals surface area contributed by atoms with E-state index in [1.807, 2.05) is 11.8 Å². The van der Waals surface area contributed by atoms with Crippen LogP contribution in [0.1, 0.15) is 27.2 Å². The molecule has 0 aromatic heterocycles. The van der Waals surface area contributed by atoms with Crippen LogP contribution in [0, 0.1) is 0 Å². The van der Waals surface area contributed by atoms with Crippen molar-refractivity contribution in [2.24, 2.45) is 0 Å². The molecule has 1 N–H and O–H groups in total. The second kappa shape index (κ2) is 3.56. The van der Waals surface area contributed by atoms with Crippen LogP contribution in [0.25, 0.3) is 0 Å². The van der Waals surface area contributed by atoms with Gasteiger partial charge in [0.15, 0.2) is 0 Å². The van der Waals surface area contributed by atoms with E-state index in [-0.39, 0.29) is 10.4 Å². The van der Waals surface area contributed by atoms with Crippen LogP contribution < -0.4 is 5.32 Å². The molecule has 72 valence electrons. The van der Waals surface area contributed by atoms with Gasteiger partial charge in [-0.1, -0.05) is 6.92 Å². The van der Waals surface area contributed by atoms with Gasteiger partial charge in [0.2, 0.25) is 0 Å². The van der Waals surface area contributed by atoms with Gasteiger partial charge in [-0.25, -0.2) is 0 Å². The van der Waals surface area contributed by atoms with Gasteiger partial charge in [0, 0.05) is 18.4 Å². The SMILES string of the molecule is CCC1(COC)NC(C)(C)CS1. The lowest BCUT2D eigenvalue weighted by molar-refractivity contribution is 0.143. The first-order valence-corrected chi connectivity index (χ1v) is 5.44. The van der Waals surface area contributed by atoms with Crippen LogP contribution in [0.5, 0.6) is 0 Å². The first-order chi connectivity index (χ1) is 5.54. The highest BCUT2D eigenvalue weighted by molar-refractivity contribution is 8.01. The molecule has 1 aliphatic rings. The zero-order valence-electron chi connectivity index (χ0n) is 8.44. The Labute approximate surface area is 79.4 Å². The van der Waals surface area contributed by atoms with Gasteiger partial charge in [-0.05, 0) is 20.3 Å². The highest BCUT2D eigenvalue weighted by Gasteiger charge is 2.41. The molecule has 1 unspecified atom stereocenters. The lowest BCUT2D eigenvalue weighted by Crippen LogP contribution is -2.49. The summed E-state index contributed by atoms with van der Waals surface area (Å²) in [6, 6.07) is 0. The van der Waals surface area contributed by atoms with E-state index >= 15 is 0 Å². The van der Waals surface area contributed by atoms with Gasteiger partial charge in [0.25, 0.3) is 0 Å². The normalized spacial score (nSPS) is 34.0. The molecule has 0 aromatic carbocycles. The number of methoxy groups -OCH3 is 1. The summed E-state index contributed by atoms with van der Waals surface area (Å²) in [5.41, 5.74) is 0.263. The molecule has 3 heteroatoms. The third-order valence-electron chi connectivity index (χ3n) is 2.22. The van der Waals surface area contributed by atoms with Gasteiger partial charge in [0.05, 0.1) is 11.5 Å². The van der Waals surface area contributed by atoms with Crippen molar-refractivity contribution < 1.29 is 4.74 Å². The molecule has 0 bridgehead atoms. The predicted molar refractivity (Wildman–Crippen MR) is 54.6 cm³/mol. The zero-order chi connectivity index (χ0) is 9.24. The van der Waals surface area contributed by atoms with Crippen molar-refractivity contribution in [3.63, 3.8) is 0 Å². The first kappa shape index (κ1) is 10.4. The molecule has 1 heterocycles. The molecule has 1 rings (SSSR count). The summed E-state index contributed by atoms with van der Waals surface area (Å²) in [6.45, 7) is 7.50. The monoisotopic (exact) mass is 189 g/mol. The lowest BCUT2D eigenvalue weighted by Gasteiger charge is -2.29. The lowest BCUT2D eigenvalue weighted by atomic mass is 10.1. The standard InChI is InChI=1S/C9H19NOS/c1-5-9(6-11-4)10-8(2,3)7-12-9/h10H,5-7H2,1-4H3. The molecule has 0 aliphatic carbocycles. The third kappa shape index (κ3) is 2.15. The second-order valence-electron chi connectivity index (χ2n) is 4.08. The number of hydrogen-bond donors (Lipinski definition) is 1. The van der Waals surface area contributed by atoms with Crippen molar-refractivity contribution in [2.45, 2.75) is 37.6 Å². The van der Waals surface area contributed by atoms with E-state index in [0.717, 1.165) is 13.0 Å². The Balaban J connectivity index is 2.59. The maximum absolute atomic E-state index is 5.23. The first-order valence-electron chi connectivity index (χ1n) is 4.46. The van der Waals surface area contributed by atoms with Gasteiger partial charge in [0.1, 0.15) is 0 Å². The Hall–Kier alpha value is 0.270. The largest absolute Gasteiger partial charge is 0.382 e. The highest BCUT2D eigenvalue weighted by atomic mass is 32.2. The van der Waals surface area contributed by atoms with E-state index in [0.29, 0.717) is 0 Å².